The number of nitrogens with one attached hydrogen (secondary N) is 1. The van der Waals surface area contributed by atoms with Crippen LogP contribution >= 0.6 is 0 Å². The molecule has 2 aromatic rings. The summed E-state index contributed by atoms with van der Waals surface area (Å²) in [6.07, 6.45) is 1.15. The molecule has 3 rings (SSSR count). The van der Waals surface area contributed by atoms with Crippen LogP contribution in [0.15, 0.2) is 36.4 Å². The van der Waals surface area contributed by atoms with Gasteiger partial charge in [0.1, 0.15) is 5.82 Å². The number of piperidine rings is 1. The van der Waals surface area contributed by atoms with Crippen molar-refractivity contribution in [3.63, 3.8) is 0 Å². The lowest BCUT2D eigenvalue weighted by atomic mass is 10.1. The summed E-state index contributed by atoms with van der Waals surface area (Å²) < 4.78 is 1.82. The van der Waals surface area contributed by atoms with Gasteiger partial charge in [-0.15, -0.1) is 0 Å². The van der Waals surface area contributed by atoms with E-state index in [9.17, 15) is 9.90 Å². The summed E-state index contributed by atoms with van der Waals surface area (Å²) in [5, 5.41) is 17.3. The third-order valence-corrected chi connectivity index (χ3v) is 4.21. The first-order valence-electron chi connectivity index (χ1n) is 8.43. The monoisotopic (exact) mass is 328 g/mol. The zero-order valence-electron chi connectivity index (χ0n) is 14.1. The van der Waals surface area contributed by atoms with Gasteiger partial charge in [0.25, 0.3) is 0 Å². The first kappa shape index (κ1) is 16.5. The molecule has 2 amide bonds. The molecule has 2 N–H and O–H groups in total. The van der Waals surface area contributed by atoms with Crippen LogP contribution in [0.5, 0.6) is 0 Å². The van der Waals surface area contributed by atoms with Gasteiger partial charge in [0.15, 0.2) is 0 Å². The topological polar surface area (TPSA) is 70.4 Å². The van der Waals surface area contributed by atoms with Crippen molar-refractivity contribution in [2.75, 3.05) is 18.4 Å². The number of aliphatic hydroxyl groups excluding tert-OH is 1. The number of anilines is 1. The van der Waals surface area contributed by atoms with Gasteiger partial charge in [-0.25, -0.2) is 9.48 Å². The van der Waals surface area contributed by atoms with Crippen molar-refractivity contribution in [1.29, 1.82) is 0 Å². The minimum absolute atomic E-state index is 0.129. The molecule has 1 saturated heterocycles. The van der Waals surface area contributed by atoms with Crippen molar-refractivity contribution in [2.45, 2.75) is 38.8 Å². The number of aromatic nitrogens is 2. The Balaban J connectivity index is 1.81. The largest absolute Gasteiger partial charge is 0.391 e. The second kappa shape index (κ2) is 7.05. The number of likely N-dealkylation sites (tertiary alicyclic amines) is 1. The molecule has 1 aliphatic heterocycles. The van der Waals surface area contributed by atoms with Gasteiger partial charge in [0.2, 0.25) is 0 Å². The van der Waals surface area contributed by atoms with Crippen molar-refractivity contribution in [3.8, 4) is 11.3 Å². The molecule has 2 heterocycles. The number of hydrogen-bond acceptors (Lipinski definition) is 3. The van der Waals surface area contributed by atoms with Gasteiger partial charge >= 0.3 is 6.03 Å². The minimum atomic E-state index is -0.431. The maximum atomic E-state index is 12.5. The SMILES string of the molecule is CC(C)n1nc(-c2ccccc2)cc1NC(=O)N1CCCC(O)C1. The van der Waals surface area contributed by atoms with E-state index in [4.69, 9.17) is 0 Å². The summed E-state index contributed by atoms with van der Waals surface area (Å²) in [4.78, 5) is 14.2. The van der Waals surface area contributed by atoms with E-state index in [0.29, 0.717) is 18.9 Å². The lowest BCUT2D eigenvalue weighted by Gasteiger charge is -2.30. The number of urea groups is 1. The quantitative estimate of drug-likeness (QED) is 0.909. The lowest BCUT2D eigenvalue weighted by molar-refractivity contribution is 0.0883. The highest BCUT2D eigenvalue weighted by atomic mass is 16.3. The Morgan fingerprint density at radius 1 is 1.33 bits per heavy atom. The normalized spacial score (nSPS) is 18.0. The Kier molecular flexibility index (Phi) is 4.85. The molecule has 24 heavy (non-hydrogen) atoms. The van der Waals surface area contributed by atoms with Crippen molar-refractivity contribution in [3.05, 3.63) is 36.4 Å². The predicted octanol–water partition coefficient (Wildman–Crippen LogP) is 3.12. The van der Waals surface area contributed by atoms with Gasteiger partial charge in [-0.1, -0.05) is 30.3 Å². The second-order valence-electron chi connectivity index (χ2n) is 6.49. The zero-order valence-corrected chi connectivity index (χ0v) is 14.1. The highest BCUT2D eigenvalue weighted by Gasteiger charge is 2.23. The molecule has 0 spiro atoms. The first-order valence-corrected chi connectivity index (χ1v) is 8.43. The smallest absolute Gasteiger partial charge is 0.323 e. The van der Waals surface area contributed by atoms with Crippen molar-refractivity contribution >= 4 is 11.8 Å². The number of carbonyl (C=O) groups is 1. The van der Waals surface area contributed by atoms with Gasteiger partial charge in [-0.05, 0) is 26.7 Å². The third-order valence-electron chi connectivity index (χ3n) is 4.21. The minimum Gasteiger partial charge on any atom is -0.391 e. The Labute approximate surface area is 142 Å². The van der Waals surface area contributed by atoms with E-state index in [0.717, 1.165) is 24.1 Å². The standard InChI is InChI=1S/C18H24N4O2/c1-13(2)22-17(11-16(20-22)14-7-4-3-5-8-14)19-18(24)21-10-6-9-15(23)12-21/h3-5,7-8,11,13,15,23H,6,9-10,12H2,1-2H3,(H,19,24). The van der Waals surface area contributed by atoms with Crippen molar-refractivity contribution in [2.24, 2.45) is 0 Å². The van der Waals surface area contributed by atoms with E-state index in [1.54, 1.807) is 4.90 Å². The molecule has 1 aromatic heterocycles. The molecule has 1 aliphatic rings. The second-order valence-corrected chi connectivity index (χ2v) is 6.49. The van der Waals surface area contributed by atoms with Crippen LogP contribution in [0.25, 0.3) is 11.3 Å². The first-order chi connectivity index (χ1) is 11.5. The number of nitrogens with zero attached hydrogens (tertiary/aromatic N) is 3. The highest BCUT2D eigenvalue weighted by Crippen LogP contribution is 2.25. The van der Waals surface area contributed by atoms with Gasteiger partial charge in [-0.3, -0.25) is 5.32 Å². The Morgan fingerprint density at radius 2 is 2.08 bits per heavy atom. The highest BCUT2D eigenvalue weighted by molar-refractivity contribution is 5.89. The van der Waals surface area contributed by atoms with E-state index in [-0.39, 0.29) is 12.1 Å². The molecule has 1 atom stereocenters. The Morgan fingerprint density at radius 3 is 2.75 bits per heavy atom. The average molecular weight is 328 g/mol. The number of aliphatic hydroxyl groups is 1. The molecular formula is C18H24N4O2. The van der Waals surface area contributed by atoms with Crippen LogP contribution in [-0.4, -0.2) is 45.0 Å². The number of carbonyl (C=O) groups excluding carboxylic acids is 1. The Bertz CT molecular complexity index is 696. The van der Waals surface area contributed by atoms with Crippen LogP contribution in [-0.2, 0) is 0 Å². The lowest BCUT2D eigenvalue weighted by Crippen LogP contribution is -2.44. The summed E-state index contributed by atoms with van der Waals surface area (Å²) in [6, 6.07) is 11.7. The molecule has 6 heteroatoms. The molecule has 0 aliphatic carbocycles. The third kappa shape index (κ3) is 3.59. The predicted molar refractivity (Wildman–Crippen MR) is 93.9 cm³/mol. The number of amides is 2. The summed E-state index contributed by atoms with van der Waals surface area (Å²) in [6.45, 7) is 5.11. The van der Waals surface area contributed by atoms with Crippen LogP contribution in [0, 0.1) is 0 Å². The number of rotatable bonds is 3. The van der Waals surface area contributed by atoms with Crippen molar-refractivity contribution < 1.29 is 9.90 Å². The maximum Gasteiger partial charge on any atom is 0.323 e. The summed E-state index contributed by atoms with van der Waals surface area (Å²) >= 11 is 0. The fourth-order valence-electron chi connectivity index (χ4n) is 2.96. The fourth-order valence-corrected chi connectivity index (χ4v) is 2.96. The van der Waals surface area contributed by atoms with Crippen LogP contribution < -0.4 is 5.32 Å². The fraction of sp³-hybridized carbons (Fsp3) is 0.444. The van der Waals surface area contributed by atoms with E-state index >= 15 is 0 Å². The zero-order chi connectivity index (χ0) is 17.1. The van der Waals surface area contributed by atoms with Crippen LogP contribution in [0.4, 0.5) is 10.6 Å². The molecule has 1 unspecified atom stereocenters. The Hall–Kier alpha value is -2.34. The number of hydrogen-bond donors (Lipinski definition) is 2. The van der Waals surface area contributed by atoms with Gasteiger partial charge < -0.3 is 10.0 Å². The van der Waals surface area contributed by atoms with Gasteiger partial charge in [-0.2, -0.15) is 5.10 Å². The van der Waals surface area contributed by atoms with E-state index in [1.807, 2.05) is 54.9 Å². The molecule has 1 fully saturated rings. The van der Waals surface area contributed by atoms with Crippen molar-refractivity contribution in [1.82, 2.24) is 14.7 Å². The molecule has 128 valence electrons. The van der Waals surface area contributed by atoms with Crippen LogP contribution in [0.1, 0.15) is 32.7 Å². The van der Waals surface area contributed by atoms with Crippen LogP contribution in [0.3, 0.4) is 0 Å². The molecule has 0 radical (unpaired) electrons. The maximum absolute atomic E-state index is 12.5. The molecule has 0 bridgehead atoms. The van der Waals surface area contributed by atoms with E-state index < -0.39 is 6.10 Å². The van der Waals surface area contributed by atoms with Crippen LogP contribution in [0.2, 0.25) is 0 Å². The van der Waals surface area contributed by atoms with Gasteiger partial charge in [0.05, 0.1) is 11.8 Å². The van der Waals surface area contributed by atoms with E-state index in [1.165, 1.54) is 0 Å². The number of β-amino-alcohol motifs (C(OH)–C–C–N with tert-alkyl or cyclic N) is 1. The molecule has 0 saturated carbocycles. The van der Waals surface area contributed by atoms with Gasteiger partial charge in [0, 0.05) is 30.8 Å². The summed E-state index contributed by atoms with van der Waals surface area (Å²) in [5.74, 6) is 0.675. The average Bonchev–Trinajstić information content (AvgIpc) is 3.00. The van der Waals surface area contributed by atoms with E-state index in [2.05, 4.69) is 10.4 Å². The molecule has 1 aromatic carbocycles. The number of benzene rings is 1. The summed E-state index contributed by atoms with van der Waals surface area (Å²) in [5.41, 5.74) is 1.85. The summed E-state index contributed by atoms with van der Waals surface area (Å²) in [7, 11) is 0. The molecular weight excluding hydrogens is 304 g/mol. The molecule has 6 nitrogen and oxygen atoms in total.